The third-order valence-electron chi connectivity index (χ3n) is 2.34. The van der Waals surface area contributed by atoms with Crippen molar-refractivity contribution >= 4 is 29.1 Å². The summed E-state index contributed by atoms with van der Waals surface area (Å²) in [6.07, 6.45) is 1.29. The molecule has 1 aromatic rings. The molecule has 0 aliphatic carbocycles. The maximum atomic E-state index is 12.1. The number of ketones is 1. The zero-order valence-corrected chi connectivity index (χ0v) is 12.2. The maximum absolute atomic E-state index is 12.1. The molecule has 0 atom stereocenters. The summed E-state index contributed by atoms with van der Waals surface area (Å²) in [5, 5.41) is 0.484. The predicted octanol–water partition coefficient (Wildman–Crippen LogP) is 4.70. The van der Waals surface area contributed by atoms with Crippen LogP contribution in [0.2, 0.25) is 0 Å². The van der Waals surface area contributed by atoms with Crippen LogP contribution in [0, 0.1) is 6.92 Å². The number of alkyl halides is 1. The second kappa shape index (κ2) is 7.07. The van der Waals surface area contributed by atoms with E-state index in [1.807, 2.05) is 19.1 Å². The van der Waals surface area contributed by atoms with Crippen molar-refractivity contribution in [3.63, 3.8) is 0 Å². The molecule has 0 heterocycles. The molecule has 0 N–H and O–H groups in total. The summed E-state index contributed by atoms with van der Waals surface area (Å²) in [5.41, 5.74) is 1.99. The fraction of sp³-hybridized carbons (Fsp3) is 0.500. The number of hydrogen-bond acceptors (Lipinski definition) is 2. The molecule has 3 heteroatoms. The Bertz CT molecular complexity index is 388. The van der Waals surface area contributed by atoms with Gasteiger partial charge in [0.15, 0.2) is 5.78 Å². The monoisotopic (exact) mass is 270 g/mol. The van der Waals surface area contributed by atoms with Gasteiger partial charge in [-0.05, 0) is 25.5 Å². The zero-order chi connectivity index (χ0) is 12.8. The first kappa shape index (κ1) is 14.6. The number of aryl methyl sites for hydroxylation is 1. The second-order valence-corrected chi connectivity index (χ2v) is 6.38. The predicted molar refractivity (Wildman–Crippen MR) is 76.5 cm³/mol. The normalized spacial score (nSPS) is 10.9. The van der Waals surface area contributed by atoms with Crippen molar-refractivity contribution in [1.82, 2.24) is 0 Å². The molecule has 0 amide bonds. The molecule has 94 valence electrons. The van der Waals surface area contributed by atoms with E-state index in [-0.39, 0.29) is 5.78 Å². The Kier molecular flexibility index (Phi) is 6.07. The zero-order valence-electron chi connectivity index (χ0n) is 10.6. The van der Waals surface area contributed by atoms with Gasteiger partial charge in [0.25, 0.3) is 0 Å². The molecule has 0 unspecified atom stereocenters. The van der Waals surface area contributed by atoms with Gasteiger partial charge in [0.2, 0.25) is 0 Å². The lowest BCUT2D eigenvalue weighted by Gasteiger charge is -2.11. The Balaban J connectivity index is 2.93. The Labute approximate surface area is 113 Å². The van der Waals surface area contributed by atoms with Gasteiger partial charge in [-0.1, -0.05) is 25.5 Å². The summed E-state index contributed by atoms with van der Waals surface area (Å²) in [4.78, 5) is 13.2. The summed E-state index contributed by atoms with van der Waals surface area (Å²) in [7, 11) is 0. The van der Waals surface area contributed by atoms with Gasteiger partial charge in [0.1, 0.15) is 0 Å². The summed E-state index contributed by atoms with van der Waals surface area (Å²) >= 11 is 7.37. The van der Waals surface area contributed by atoms with Gasteiger partial charge in [-0.15, -0.1) is 23.4 Å². The minimum atomic E-state index is 0.206. The number of hydrogen-bond donors (Lipinski definition) is 0. The van der Waals surface area contributed by atoms with E-state index in [0.717, 1.165) is 22.4 Å². The molecule has 0 radical (unpaired) electrons. The third-order valence-corrected chi connectivity index (χ3v) is 3.68. The molecule has 17 heavy (non-hydrogen) atoms. The maximum Gasteiger partial charge on any atom is 0.164 e. The number of benzene rings is 1. The Morgan fingerprint density at radius 3 is 2.71 bits per heavy atom. The standard InChI is InChI=1S/C14H19ClOS/c1-10(2)17-14-7-6-11(3)9-12(14)13(16)5-4-8-15/h6-7,9-10H,4-5,8H2,1-3H3. The highest BCUT2D eigenvalue weighted by molar-refractivity contribution is 8.00. The van der Waals surface area contributed by atoms with Crippen LogP contribution in [0.3, 0.4) is 0 Å². The minimum Gasteiger partial charge on any atom is -0.294 e. The molecule has 0 aromatic heterocycles. The van der Waals surface area contributed by atoms with Crippen molar-refractivity contribution in [1.29, 1.82) is 0 Å². The highest BCUT2D eigenvalue weighted by Gasteiger charge is 2.12. The fourth-order valence-electron chi connectivity index (χ4n) is 1.58. The third kappa shape index (κ3) is 4.72. The summed E-state index contributed by atoms with van der Waals surface area (Å²) < 4.78 is 0. The Morgan fingerprint density at radius 2 is 2.12 bits per heavy atom. The van der Waals surface area contributed by atoms with Gasteiger partial charge < -0.3 is 0 Å². The number of carbonyl (C=O) groups excluding carboxylic acids is 1. The largest absolute Gasteiger partial charge is 0.294 e. The topological polar surface area (TPSA) is 17.1 Å². The van der Waals surface area contributed by atoms with Gasteiger partial charge in [-0.2, -0.15) is 0 Å². The molecular formula is C14H19ClOS. The van der Waals surface area contributed by atoms with Crippen LogP contribution >= 0.6 is 23.4 Å². The average molecular weight is 271 g/mol. The van der Waals surface area contributed by atoms with Crippen molar-refractivity contribution in [2.45, 2.75) is 43.8 Å². The van der Waals surface area contributed by atoms with Crippen LogP contribution in [0.4, 0.5) is 0 Å². The van der Waals surface area contributed by atoms with Crippen LogP contribution < -0.4 is 0 Å². The second-order valence-electron chi connectivity index (χ2n) is 4.38. The van der Waals surface area contributed by atoms with Crippen molar-refractivity contribution in [3.8, 4) is 0 Å². The first-order chi connectivity index (χ1) is 8.04. The lowest BCUT2D eigenvalue weighted by molar-refractivity contribution is 0.0979. The van der Waals surface area contributed by atoms with Crippen molar-refractivity contribution in [2.24, 2.45) is 0 Å². The highest BCUT2D eigenvalue weighted by Crippen LogP contribution is 2.28. The van der Waals surface area contributed by atoms with Crippen molar-refractivity contribution in [2.75, 3.05) is 5.88 Å². The van der Waals surface area contributed by atoms with Crippen LogP contribution in [0.1, 0.15) is 42.6 Å². The summed E-state index contributed by atoms with van der Waals surface area (Å²) in [5.74, 6) is 0.752. The van der Waals surface area contributed by atoms with Crippen molar-refractivity contribution in [3.05, 3.63) is 29.3 Å². The smallest absolute Gasteiger partial charge is 0.164 e. The van der Waals surface area contributed by atoms with Gasteiger partial charge in [-0.3, -0.25) is 4.79 Å². The molecule has 0 aliphatic heterocycles. The summed E-state index contributed by atoms with van der Waals surface area (Å²) in [6.45, 7) is 6.29. The number of rotatable bonds is 6. The minimum absolute atomic E-state index is 0.206. The lowest BCUT2D eigenvalue weighted by atomic mass is 10.0. The van der Waals surface area contributed by atoms with Crippen LogP contribution in [-0.2, 0) is 0 Å². The van der Waals surface area contributed by atoms with Gasteiger partial charge >= 0.3 is 0 Å². The van der Waals surface area contributed by atoms with E-state index in [4.69, 9.17) is 11.6 Å². The molecule has 1 rings (SSSR count). The lowest BCUT2D eigenvalue weighted by Crippen LogP contribution is -2.03. The summed E-state index contributed by atoms with van der Waals surface area (Å²) in [6, 6.07) is 6.10. The number of thioether (sulfide) groups is 1. The van der Waals surface area contributed by atoms with Crippen LogP contribution in [0.25, 0.3) is 0 Å². The van der Waals surface area contributed by atoms with Gasteiger partial charge in [0, 0.05) is 28.0 Å². The number of halogens is 1. The molecular weight excluding hydrogens is 252 g/mol. The SMILES string of the molecule is Cc1ccc(SC(C)C)c(C(=O)CCCCl)c1. The van der Waals surface area contributed by atoms with Crippen molar-refractivity contribution < 1.29 is 4.79 Å². The van der Waals surface area contributed by atoms with E-state index in [2.05, 4.69) is 19.9 Å². The van der Waals surface area contributed by atoms with E-state index in [9.17, 15) is 4.79 Å². The van der Waals surface area contributed by atoms with E-state index in [1.54, 1.807) is 11.8 Å². The molecule has 0 spiro atoms. The fourth-order valence-corrected chi connectivity index (χ4v) is 2.67. The molecule has 0 aliphatic rings. The Morgan fingerprint density at radius 1 is 1.41 bits per heavy atom. The quantitative estimate of drug-likeness (QED) is 0.423. The average Bonchev–Trinajstić information content (AvgIpc) is 2.27. The molecule has 0 fully saturated rings. The number of carbonyl (C=O) groups is 1. The van der Waals surface area contributed by atoms with E-state index in [1.165, 1.54) is 0 Å². The highest BCUT2D eigenvalue weighted by atomic mass is 35.5. The molecule has 1 nitrogen and oxygen atoms in total. The Hall–Kier alpha value is -0.470. The molecule has 0 bridgehead atoms. The van der Waals surface area contributed by atoms with Crippen LogP contribution in [-0.4, -0.2) is 16.9 Å². The first-order valence-electron chi connectivity index (χ1n) is 5.91. The van der Waals surface area contributed by atoms with E-state index >= 15 is 0 Å². The molecule has 0 saturated carbocycles. The van der Waals surface area contributed by atoms with Gasteiger partial charge in [-0.25, -0.2) is 0 Å². The molecule has 1 aromatic carbocycles. The van der Waals surface area contributed by atoms with Crippen LogP contribution in [0.15, 0.2) is 23.1 Å². The molecule has 0 saturated heterocycles. The van der Waals surface area contributed by atoms with E-state index in [0.29, 0.717) is 17.6 Å². The van der Waals surface area contributed by atoms with E-state index < -0.39 is 0 Å². The first-order valence-corrected chi connectivity index (χ1v) is 7.32. The number of Topliss-reactive ketones (excluding diaryl/α,β-unsaturated/α-hetero) is 1. The van der Waals surface area contributed by atoms with Crippen LogP contribution in [0.5, 0.6) is 0 Å². The van der Waals surface area contributed by atoms with Gasteiger partial charge in [0.05, 0.1) is 0 Å².